The number of furan rings is 1. The Hall–Kier alpha value is -2.61. The largest absolute Gasteiger partial charge is 0.463 e. The molecular weight excluding hydrogens is 356 g/mol. The van der Waals surface area contributed by atoms with E-state index >= 15 is 0 Å². The van der Waals surface area contributed by atoms with Crippen LogP contribution in [0.5, 0.6) is 5.75 Å². The van der Waals surface area contributed by atoms with Gasteiger partial charge in [0.2, 0.25) is 0 Å². The van der Waals surface area contributed by atoms with Crippen molar-refractivity contribution in [2.75, 3.05) is 13.1 Å². The highest BCUT2D eigenvalue weighted by Crippen LogP contribution is 2.22. The minimum atomic E-state index is -2.87. The van der Waals surface area contributed by atoms with E-state index in [-0.39, 0.29) is 18.8 Å². The van der Waals surface area contributed by atoms with Crippen molar-refractivity contribution in [3.05, 3.63) is 53.5 Å². The predicted octanol–water partition coefficient (Wildman–Crippen LogP) is 3.15. The Labute approximate surface area is 157 Å². The number of ether oxygens (including phenoxy) is 1. The molecule has 0 amide bonds. The Morgan fingerprint density at radius 2 is 2.07 bits per heavy atom. The molecule has 2 aromatic rings. The lowest BCUT2D eigenvalue weighted by atomic mass is 10.0. The summed E-state index contributed by atoms with van der Waals surface area (Å²) >= 11 is 0. The lowest BCUT2D eigenvalue weighted by Gasteiger charge is -2.22. The van der Waals surface area contributed by atoms with Crippen LogP contribution < -0.4 is 15.4 Å². The second-order valence-corrected chi connectivity index (χ2v) is 6.26. The van der Waals surface area contributed by atoms with Crippen molar-refractivity contribution in [3.8, 4) is 5.75 Å². The fourth-order valence-corrected chi connectivity index (χ4v) is 2.40. The molecule has 1 aromatic heterocycles. The van der Waals surface area contributed by atoms with Gasteiger partial charge in [-0.1, -0.05) is 12.1 Å². The summed E-state index contributed by atoms with van der Waals surface area (Å²) in [5.41, 5.74) is -0.492. The van der Waals surface area contributed by atoms with E-state index in [0.29, 0.717) is 18.3 Å². The van der Waals surface area contributed by atoms with Gasteiger partial charge in [-0.25, -0.2) is 4.99 Å². The van der Waals surface area contributed by atoms with Crippen molar-refractivity contribution in [1.82, 2.24) is 10.6 Å². The molecule has 0 saturated heterocycles. The van der Waals surface area contributed by atoms with Gasteiger partial charge in [0.05, 0.1) is 13.1 Å². The maximum absolute atomic E-state index is 12.3. The van der Waals surface area contributed by atoms with Crippen LogP contribution in [-0.2, 0) is 12.1 Å². The number of aryl methyl sites for hydroxylation is 1. The molecule has 0 saturated carbocycles. The first-order valence-corrected chi connectivity index (χ1v) is 8.65. The number of halogens is 2. The van der Waals surface area contributed by atoms with Crippen molar-refractivity contribution < 1.29 is 23.0 Å². The molecule has 0 radical (unpaired) electrons. The topological polar surface area (TPSA) is 79.0 Å². The van der Waals surface area contributed by atoms with Gasteiger partial charge in [0.25, 0.3) is 0 Å². The second-order valence-electron chi connectivity index (χ2n) is 6.26. The summed E-state index contributed by atoms with van der Waals surface area (Å²) in [6, 6.07) is 9.90. The molecule has 0 aliphatic carbocycles. The Morgan fingerprint density at radius 3 is 2.70 bits per heavy atom. The molecule has 0 spiro atoms. The van der Waals surface area contributed by atoms with E-state index in [1.165, 1.54) is 12.1 Å². The predicted molar refractivity (Wildman–Crippen MR) is 98.9 cm³/mol. The quantitative estimate of drug-likeness (QED) is 0.484. The molecule has 3 N–H and O–H groups in total. The summed E-state index contributed by atoms with van der Waals surface area (Å²) in [5.74, 6) is 1.75. The summed E-state index contributed by atoms with van der Waals surface area (Å²) in [6.07, 6.45) is 0. The highest BCUT2D eigenvalue weighted by molar-refractivity contribution is 5.79. The summed E-state index contributed by atoms with van der Waals surface area (Å²) in [7, 11) is 0. The number of alkyl halides is 2. The van der Waals surface area contributed by atoms with Gasteiger partial charge in [-0.05, 0) is 50.6 Å². The molecule has 148 valence electrons. The molecule has 1 heterocycles. The minimum Gasteiger partial charge on any atom is -0.463 e. The maximum Gasteiger partial charge on any atom is 0.387 e. The summed E-state index contributed by atoms with van der Waals surface area (Å²) in [5, 5.41) is 16.7. The fraction of sp³-hybridized carbons (Fsp3) is 0.421. The second kappa shape index (κ2) is 9.36. The van der Waals surface area contributed by atoms with Crippen LogP contribution in [0.3, 0.4) is 0 Å². The van der Waals surface area contributed by atoms with Crippen LogP contribution in [0.25, 0.3) is 0 Å². The van der Waals surface area contributed by atoms with Crippen molar-refractivity contribution in [3.63, 3.8) is 0 Å². The van der Waals surface area contributed by atoms with Crippen molar-refractivity contribution in [1.29, 1.82) is 0 Å². The third-order valence-corrected chi connectivity index (χ3v) is 3.76. The highest BCUT2D eigenvalue weighted by Gasteiger charge is 2.27. The standard InChI is InChI=1S/C19H25F2N3O3/c1-4-22-18(24-12-19(3,25)16-9-8-13(2)26-16)23-11-14-6-5-7-15(10-14)27-17(20)21/h5-10,17,25H,4,11-12H2,1-3H3,(H2,22,23,24). The molecule has 6 nitrogen and oxygen atoms in total. The Bertz CT molecular complexity index is 760. The van der Waals surface area contributed by atoms with Gasteiger partial charge in [-0.2, -0.15) is 8.78 Å². The zero-order valence-corrected chi connectivity index (χ0v) is 15.6. The molecule has 0 aliphatic rings. The minimum absolute atomic E-state index is 0.0896. The molecule has 0 fully saturated rings. The van der Waals surface area contributed by atoms with Gasteiger partial charge in [0.15, 0.2) is 5.96 Å². The van der Waals surface area contributed by atoms with Crippen LogP contribution in [0.2, 0.25) is 0 Å². The molecule has 27 heavy (non-hydrogen) atoms. The first-order chi connectivity index (χ1) is 12.8. The molecule has 1 unspecified atom stereocenters. The summed E-state index contributed by atoms with van der Waals surface area (Å²) < 4.78 is 34.5. The van der Waals surface area contributed by atoms with E-state index < -0.39 is 12.2 Å². The van der Waals surface area contributed by atoms with Crippen molar-refractivity contribution in [2.45, 2.75) is 39.5 Å². The van der Waals surface area contributed by atoms with E-state index in [1.54, 1.807) is 31.2 Å². The molecule has 1 atom stereocenters. The average molecular weight is 381 g/mol. The van der Waals surface area contributed by atoms with E-state index in [2.05, 4.69) is 20.4 Å². The number of benzene rings is 1. The normalized spacial score (nSPS) is 14.1. The van der Waals surface area contributed by atoms with Crippen molar-refractivity contribution in [2.24, 2.45) is 4.99 Å². The Kier molecular flexibility index (Phi) is 7.18. The number of aliphatic hydroxyl groups is 1. The van der Waals surface area contributed by atoms with Gasteiger partial charge in [0.1, 0.15) is 22.9 Å². The first kappa shape index (κ1) is 20.7. The maximum atomic E-state index is 12.3. The van der Waals surface area contributed by atoms with Crippen LogP contribution >= 0.6 is 0 Å². The zero-order chi connectivity index (χ0) is 19.9. The SMILES string of the molecule is CCNC(=NCc1cccc(OC(F)F)c1)NCC(C)(O)c1ccc(C)o1. The monoisotopic (exact) mass is 381 g/mol. The zero-order valence-electron chi connectivity index (χ0n) is 15.6. The lowest BCUT2D eigenvalue weighted by Crippen LogP contribution is -2.44. The van der Waals surface area contributed by atoms with E-state index in [1.807, 2.05) is 13.8 Å². The highest BCUT2D eigenvalue weighted by atomic mass is 19.3. The molecule has 0 aliphatic heterocycles. The molecule has 2 rings (SSSR count). The fourth-order valence-electron chi connectivity index (χ4n) is 2.40. The lowest BCUT2D eigenvalue weighted by molar-refractivity contribution is -0.0498. The molecule has 0 bridgehead atoms. The van der Waals surface area contributed by atoms with Crippen LogP contribution in [0.1, 0.15) is 30.9 Å². The Balaban J connectivity index is 2.01. The van der Waals surface area contributed by atoms with Gasteiger partial charge in [-0.15, -0.1) is 0 Å². The smallest absolute Gasteiger partial charge is 0.387 e. The third-order valence-electron chi connectivity index (χ3n) is 3.76. The van der Waals surface area contributed by atoms with Gasteiger partial charge in [-0.3, -0.25) is 0 Å². The van der Waals surface area contributed by atoms with E-state index in [9.17, 15) is 13.9 Å². The number of nitrogens with zero attached hydrogens (tertiary/aromatic N) is 1. The number of hydrogen-bond acceptors (Lipinski definition) is 4. The van der Waals surface area contributed by atoms with Gasteiger partial charge < -0.3 is 24.9 Å². The summed E-state index contributed by atoms with van der Waals surface area (Å²) in [6.45, 7) is 3.58. The number of guanidine groups is 1. The van der Waals surface area contributed by atoms with Gasteiger partial charge >= 0.3 is 6.61 Å². The summed E-state index contributed by atoms with van der Waals surface area (Å²) in [4.78, 5) is 4.42. The first-order valence-electron chi connectivity index (χ1n) is 8.65. The number of nitrogens with one attached hydrogen (secondary N) is 2. The van der Waals surface area contributed by atoms with Crippen LogP contribution in [-0.4, -0.2) is 30.8 Å². The number of hydrogen-bond donors (Lipinski definition) is 3. The van der Waals surface area contributed by atoms with E-state index in [0.717, 1.165) is 11.3 Å². The molecule has 8 heteroatoms. The van der Waals surface area contributed by atoms with Crippen LogP contribution in [0.4, 0.5) is 8.78 Å². The Morgan fingerprint density at radius 1 is 1.30 bits per heavy atom. The van der Waals surface area contributed by atoms with Crippen LogP contribution in [0.15, 0.2) is 45.8 Å². The average Bonchev–Trinajstić information content (AvgIpc) is 3.04. The van der Waals surface area contributed by atoms with Crippen LogP contribution in [0, 0.1) is 6.92 Å². The molecule has 1 aromatic carbocycles. The third kappa shape index (κ3) is 6.56. The van der Waals surface area contributed by atoms with E-state index in [4.69, 9.17) is 4.42 Å². The molecular formula is C19H25F2N3O3. The number of aliphatic imine (C=N–C) groups is 1. The number of rotatable bonds is 8. The van der Waals surface area contributed by atoms with Crippen molar-refractivity contribution >= 4 is 5.96 Å². The van der Waals surface area contributed by atoms with Gasteiger partial charge in [0, 0.05) is 6.54 Å².